The number of aliphatic hydroxyl groups excluding tert-OH is 1. The first kappa shape index (κ1) is 13.0. The Balaban J connectivity index is 1.79. The Morgan fingerprint density at radius 1 is 1.56 bits per heavy atom. The minimum atomic E-state index is -0.518. The molecule has 0 bridgehead atoms. The van der Waals surface area contributed by atoms with Gasteiger partial charge >= 0.3 is 0 Å². The summed E-state index contributed by atoms with van der Waals surface area (Å²) in [6.07, 6.45) is 2.38. The van der Waals surface area contributed by atoms with Gasteiger partial charge in [-0.1, -0.05) is 13.8 Å². The minimum absolute atomic E-state index is 0.161. The van der Waals surface area contributed by atoms with Crippen molar-refractivity contribution >= 4 is 5.91 Å². The van der Waals surface area contributed by atoms with Gasteiger partial charge in [0.05, 0.1) is 6.10 Å². The average Bonchev–Trinajstić information content (AvgIpc) is 3.03. The molecule has 0 radical (unpaired) electrons. The van der Waals surface area contributed by atoms with Gasteiger partial charge in [-0.3, -0.25) is 9.89 Å². The number of hydrogen-bond acceptors (Lipinski definition) is 4. The molecule has 0 spiro atoms. The third-order valence-electron chi connectivity index (χ3n) is 2.91. The molecule has 0 aromatic carbocycles. The van der Waals surface area contributed by atoms with Crippen molar-refractivity contribution in [2.45, 2.75) is 45.1 Å². The normalized spacial score (nSPS) is 16.9. The zero-order valence-electron chi connectivity index (χ0n) is 10.8. The number of nitrogens with zero attached hydrogens (tertiary/aromatic N) is 2. The number of rotatable bonds is 6. The second-order valence-electron chi connectivity index (χ2n) is 5.31. The molecule has 1 saturated carbocycles. The van der Waals surface area contributed by atoms with Gasteiger partial charge in [0.1, 0.15) is 5.82 Å². The predicted molar refractivity (Wildman–Crippen MR) is 66.2 cm³/mol. The largest absolute Gasteiger partial charge is 0.391 e. The summed E-state index contributed by atoms with van der Waals surface area (Å²) in [5.41, 5.74) is 0. The van der Waals surface area contributed by atoms with Crippen LogP contribution >= 0.6 is 0 Å². The van der Waals surface area contributed by atoms with Crippen molar-refractivity contribution in [1.29, 1.82) is 0 Å². The Labute approximate surface area is 106 Å². The Morgan fingerprint density at radius 3 is 2.89 bits per heavy atom. The van der Waals surface area contributed by atoms with E-state index in [0.717, 1.165) is 18.7 Å². The zero-order valence-corrected chi connectivity index (χ0v) is 10.8. The number of nitrogens with one attached hydrogen (secondary N) is 2. The van der Waals surface area contributed by atoms with Crippen LogP contribution in [0.5, 0.6) is 0 Å². The number of carbonyl (C=O) groups is 1. The standard InChI is InChI=1S/C12H20N4O2/c1-7(2)5-9(17)6-13-12(18)11-14-10(15-16-11)8-3-4-8/h7-9,17H,3-6H2,1-2H3,(H,13,18)(H,14,15,16). The van der Waals surface area contributed by atoms with E-state index >= 15 is 0 Å². The monoisotopic (exact) mass is 252 g/mol. The van der Waals surface area contributed by atoms with Gasteiger partial charge in [0.25, 0.3) is 5.91 Å². The first-order chi connectivity index (χ1) is 8.56. The van der Waals surface area contributed by atoms with Crippen molar-refractivity contribution < 1.29 is 9.90 Å². The van der Waals surface area contributed by atoms with E-state index in [1.54, 1.807) is 0 Å². The predicted octanol–water partition coefficient (Wildman–Crippen LogP) is 0.819. The smallest absolute Gasteiger partial charge is 0.291 e. The van der Waals surface area contributed by atoms with Crippen LogP contribution < -0.4 is 5.32 Å². The summed E-state index contributed by atoms with van der Waals surface area (Å²) in [4.78, 5) is 15.9. The quantitative estimate of drug-likeness (QED) is 0.699. The molecule has 6 nitrogen and oxygen atoms in total. The third-order valence-corrected chi connectivity index (χ3v) is 2.91. The number of amides is 1. The molecule has 100 valence electrons. The fourth-order valence-electron chi connectivity index (χ4n) is 1.83. The summed E-state index contributed by atoms with van der Waals surface area (Å²) < 4.78 is 0. The molecule has 0 saturated heterocycles. The van der Waals surface area contributed by atoms with Crippen LogP contribution in [-0.4, -0.2) is 38.8 Å². The molecule has 1 aromatic rings. The third kappa shape index (κ3) is 3.53. The van der Waals surface area contributed by atoms with Crippen LogP contribution in [-0.2, 0) is 0 Å². The fraction of sp³-hybridized carbons (Fsp3) is 0.750. The molecule has 6 heteroatoms. The number of carbonyl (C=O) groups excluding carboxylic acids is 1. The fourth-order valence-corrected chi connectivity index (χ4v) is 1.83. The average molecular weight is 252 g/mol. The number of aliphatic hydroxyl groups is 1. The second kappa shape index (κ2) is 5.48. The maximum atomic E-state index is 11.7. The molecule has 0 aliphatic heterocycles. The lowest BCUT2D eigenvalue weighted by Crippen LogP contribution is -2.33. The highest BCUT2D eigenvalue weighted by Crippen LogP contribution is 2.37. The van der Waals surface area contributed by atoms with Gasteiger partial charge in [-0.15, -0.1) is 5.10 Å². The van der Waals surface area contributed by atoms with Crippen molar-refractivity contribution in [2.24, 2.45) is 5.92 Å². The molecule has 1 atom stereocenters. The van der Waals surface area contributed by atoms with Gasteiger partial charge in [-0.05, 0) is 25.2 Å². The molecule has 1 aromatic heterocycles. The lowest BCUT2D eigenvalue weighted by atomic mass is 10.1. The Bertz CT molecular complexity index is 412. The molecular formula is C12H20N4O2. The first-order valence-electron chi connectivity index (χ1n) is 6.44. The van der Waals surface area contributed by atoms with Crippen molar-refractivity contribution in [3.63, 3.8) is 0 Å². The molecule has 2 rings (SSSR count). The molecule has 1 aliphatic rings. The Kier molecular flexibility index (Phi) is 3.96. The van der Waals surface area contributed by atoms with Crippen LogP contribution in [0, 0.1) is 5.92 Å². The molecule has 18 heavy (non-hydrogen) atoms. The van der Waals surface area contributed by atoms with E-state index in [1.165, 1.54) is 0 Å². The lowest BCUT2D eigenvalue weighted by Gasteiger charge is -2.12. The van der Waals surface area contributed by atoms with Crippen LogP contribution in [0.25, 0.3) is 0 Å². The van der Waals surface area contributed by atoms with Gasteiger partial charge in [0, 0.05) is 12.5 Å². The maximum Gasteiger partial charge on any atom is 0.291 e. The topological polar surface area (TPSA) is 90.9 Å². The van der Waals surface area contributed by atoms with Crippen LogP contribution in [0.3, 0.4) is 0 Å². The van der Waals surface area contributed by atoms with E-state index in [4.69, 9.17) is 0 Å². The summed E-state index contributed by atoms with van der Waals surface area (Å²) in [5.74, 6) is 1.48. The van der Waals surface area contributed by atoms with Crippen molar-refractivity contribution in [3.05, 3.63) is 11.6 Å². The summed E-state index contributed by atoms with van der Waals surface area (Å²) >= 11 is 0. The zero-order chi connectivity index (χ0) is 13.1. The van der Waals surface area contributed by atoms with Crippen LogP contribution in [0.15, 0.2) is 0 Å². The number of aromatic amines is 1. The lowest BCUT2D eigenvalue weighted by molar-refractivity contribution is 0.0890. The SMILES string of the molecule is CC(C)CC(O)CNC(=O)c1n[nH]c(C2CC2)n1. The molecular weight excluding hydrogens is 232 g/mol. The first-order valence-corrected chi connectivity index (χ1v) is 6.44. The summed E-state index contributed by atoms with van der Waals surface area (Å²) in [5, 5.41) is 19.0. The van der Waals surface area contributed by atoms with E-state index in [-0.39, 0.29) is 18.3 Å². The molecule has 1 amide bonds. The summed E-state index contributed by atoms with van der Waals surface area (Å²) in [7, 11) is 0. The summed E-state index contributed by atoms with van der Waals surface area (Å²) in [6, 6.07) is 0. The molecule has 1 heterocycles. The van der Waals surface area contributed by atoms with Crippen LogP contribution in [0.2, 0.25) is 0 Å². The molecule has 1 unspecified atom stereocenters. The second-order valence-corrected chi connectivity index (χ2v) is 5.31. The van der Waals surface area contributed by atoms with E-state index < -0.39 is 6.10 Å². The van der Waals surface area contributed by atoms with E-state index in [1.807, 2.05) is 13.8 Å². The molecule has 1 fully saturated rings. The Hall–Kier alpha value is -1.43. The maximum absolute atomic E-state index is 11.7. The molecule has 1 aliphatic carbocycles. The highest BCUT2D eigenvalue weighted by atomic mass is 16.3. The van der Waals surface area contributed by atoms with E-state index in [0.29, 0.717) is 18.3 Å². The highest BCUT2D eigenvalue weighted by Gasteiger charge is 2.28. The van der Waals surface area contributed by atoms with Crippen molar-refractivity contribution in [2.75, 3.05) is 6.54 Å². The van der Waals surface area contributed by atoms with Crippen molar-refractivity contribution in [1.82, 2.24) is 20.5 Å². The van der Waals surface area contributed by atoms with Gasteiger partial charge in [-0.25, -0.2) is 4.98 Å². The van der Waals surface area contributed by atoms with E-state index in [2.05, 4.69) is 20.5 Å². The summed E-state index contributed by atoms with van der Waals surface area (Å²) in [6.45, 7) is 4.30. The molecule has 3 N–H and O–H groups in total. The van der Waals surface area contributed by atoms with Gasteiger partial charge in [0.2, 0.25) is 5.82 Å². The van der Waals surface area contributed by atoms with Gasteiger partial charge < -0.3 is 10.4 Å². The van der Waals surface area contributed by atoms with Crippen LogP contribution in [0.1, 0.15) is 55.5 Å². The van der Waals surface area contributed by atoms with Crippen molar-refractivity contribution in [3.8, 4) is 0 Å². The number of hydrogen-bond donors (Lipinski definition) is 3. The van der Waals surface area contributed by atoms with Crippen LogP contribution in [0.4, 0.5) is 0 Å². The Morgan fingerprint density at radius 2 is 2.28 bits per heavy atom. The highest BCUT2D eigenvalue weighted by molar-refractivity contribution is 5.90. The minimum Gasteiger partial charge on any atom is -0.391 e. The number of H-pyrrole nitrogens is 1. The van der Waals surface area contributed by atoms with Gasteiger partial charge in [-0.2, -0.15) is 0 Å². The number of aromatic nitrogens is 3. The van der Waals surface area contributed by atoms with E-state index in [9.17, 15) is 9.90 Å². The van der Waals surface area contributed by atoms with Gasteiger partial charge in [0.15, 0.2) is 0 Å².